The van der Waals surface area contributed by atoms with Gasteiger partial charge in [-0.1, -0.05) is 18.2 Å². The van der Waals surface area contributed by atoms with Crippen molar-refractivity contribution >= 4 is 11.7 Å². The Balaban J connectivity index is 1.28. The standard InChI is InChI=1S/C22H27N3O4/c1-27-19-5-3-2-4-17(19)8-11-23-21(26)18-6-7-20(24-16-18)25-12-9-22(10-13-25)28-14-15-29-22/h2-7,16H,8-15H2,1H3,(H,23,26). The molecule has 1 aromatic heterocycles. The summed E-state index contributed by atoms with van der Waals surface area (Å²) in [4.78, 5) is 19.1. The van der Waals surface area contributed by atoms with Crippen LogP contribution in [0.3, 0.4) is 0 Å². The molecule has 4 rings (SSSR count). The van der Waals surface area contributed by atoms with Gasteiger partial charge in [0.25, 0.3) is 5.91 Å². The van der Waals surface area contributed by atoms with Gasteiger partial charge < -0.3 is 24.4 Å². The first-order valence-corrected chi connectivity index (χ1v) is 10.1. The fourth-order valence-electron chi connectivity index (χ4n) is 3.89. The fraction of sp³-hybridized carbons (Fsp3) is 0.455. The highest BCUT2D eigenvalue weighted by Gasteiger charge is 2.40. The minimum Gasteiger partial charge on any atom is -0.496 e. The number of ether oxygens (including phenoxy) is 3. The molecule has 0 atom stereocenters. The predicted octanol–water partition coefficient (Wildman–Crippen LogP) is 2.41. The summed E-state index contributed by atoms with van der Waals surface area (Å²) in [6, 6.07) is 11.6. The summed E-state index contributed by atoms with van der Waals surface area (Å²) in [6.07, 6.45) is 4.02. The van der Waals surface area contributed by atoms with Crippen LogP contribution in [0.1, 0.15) is 28.8 Å². The lowest BCUT2D eigenvalue weighted by molar-refractivity contribution is -0.169. The number of pyridine rings is 1. The molecule has 0 aliphatic carbocycles. The molecule has 154 valence electrons. The third kappa shape index (κ3) is 4.52. The van der Waals surface area contributed by atoms with Crippen LogP contribution in [0, 0.1) is 0 Å². The molecule has 2 aliphatic heterocycles. The second kappa shape index (κ2) is 8.80. The maximum atomic E-state index is 12.4. The molecular formula is C22H27N3O4. The summed E-state index contributed by atoms with van der Waals surface area (Å²) in [5.74, 6) is 1.20. The second-order valence-electron chi connectivity index (χ2n) is 7.32. The number of amides is 1. The van der Waals surface area contributed by atoms with Gasteiger partial charge in [-0.15, -0.1) is 0 Å². The number of nitrogens with one attached hydrogen (secondary N) is 1. The smallest absolute Gasteiger partial charge is 0.252 e. The van der Waals surface area contributed by atoms with E-state index in [-0.39, 0.29) is 5.91 Å². The van der Waals surface area contributed by atoms with Crippen LogP contribution in [-0.2, 0) is 15.9 Å². The highest BCUT2D eigenvalue weighted by molar-refractivity contribution is 5.94. The van der Waals surface area contributed by atoms with Crippen molar-refractivity contribution in [1.29, 1.82) is 0 Å². The molecule has 0 bridgehead atoms. The zero-order chi connectivity index (χ0) is 20.1. The maximum Gasteiger partial charge on any atom is 0.252 e. The molecule has 7 nitrogen and oxygen atoms in total. The zero-order valence-electron chi connectivity index (χ0n) is 16.7. The van der Waals surface area contributed by atoms with E-state index in [9.17, 15) is 4.79 Å². The Kier molecular flexibility index (Phi) is 5.97. The van der Waals surface area contributed by atoms with Gasteiger partial charge in [-0.05, 0) is 30.2 Å². The molecule has 0 radical (unpaired) electrons. The SMILES string of the molecule is COc1ccccc1CCNC(=O)c1ccc(N2CCC3(CC2)OCCO3)nc1. The van der Waals surface area contributed by atoms with Crippen LogP contribution in [0.2, 0.25) is 0 Å². The first kappa shape index (κ1) is 19.7. The molecule has 29 heavy (non-hydrogen) atoms. The van der Waals surface area contributed by atoms with Gasteiger partial charge in [-0.25, -0.2) is 4.98 Å². The summed E-state index contributed by atoms with van der Waals surface area (Å²) < 4.78 is 16.9. The van der Waals surface area contributed by atoms with Crippen LogP contribution in [0.25, 0.3) is 0 Å². The lowest BCUT2D eigenvalue weighted by Crippen LogP contribution is -2.45. The Morgan fingerprint density at radius 1 is 1.17 bits per heavy atom. The van der Waals surface area contributed by atoms with Gasteiger partial charge in [-0.3, -0.25) is 4.79 Å². The van der Waals surface area contributed by atoms with Gasteiger partial charge in [0, 0.05) is 38.7 Å². The second-order valence-corrected chi connectivity index (χ2v) is 7.32. The highest BCUT2D eigenvalue weighted by atomic mass is 16.7. The van der Waals surface area contributed by atoms with Crippen molar-refractivity contribution in [3.8, 4) is 5.75 Å². The molecule has 0 unspecified atom stereocenters. The Hall–Kier alpha value is -2.64. The molecule has 3 heterocycles. The van der Waals surface area contributed by atoms with Crippen molar-refractivity contribution in [2.24, 2.45) is 0 Å². The molecule has 2 fully saturated rings. The lowest BCUT2D eigenvalue weighted by Gasteiger charge is -2.38. The number of aromatic nitrogens is 1. The number of para-hydroxylation sites is 1. The van der Waals surface area contributed by atoms with Crippen LogP contribution in [0.15, 0.2) is 42.6 Å². The first-order chi connectivity index (χ1) is 14.2. The van der Waals surface area contributed by atoms with E-state index in [1.54, 1.807) is 13.3 Å². The van der Waals surface area contributed by atoms with E-state index in [0.29, 0.717) is 31.7 Å². The first-order valence-electron chi connectivity index (χ1n) is 10.1. The van der Waals surface area contributed by atoms with Gasteiger partial charge in [-0.2, -0.15) is 0 Å². The molecule has 2 aromatic rings. The van der Waals surface area contributed by atoms with Gasteiger partial charge >= 0.3 is 0 Å². The topological polar surface area (TPSA) is 72.9 Å². The Bertz CT molecular complexity index is 824. The molecule has 0 saturated carbocycles. The van der Waals surface area contributed by atoms with E-state index in [0.717, 1.165) is 43.1 Å². The summed E-state index contributed by atoms with van der Waals surface area (Å²) in [7, 11) is 1.65. The molecule has 1 spiro atoms. The molecular weight excluding hydrogens is 370 g/mol. The Labute approximate surface area is 171 Å². The van der Waals surface area contributed by atoms with E-state index >= 15 is 0 Å². The van der Waals surface area contributed by atoms with Crippen LogP contribution in [-0.4, -0.2) is 56.6 Å². The van der Waals surface area contributed by atoms with E-state index in [1.165, 1.54) is 0 Å². The maximum absolute atomic E-state index is 12.4. The molecule has 1 amide bonds. The average Bonchev–Trinajstić information content (AvgIpc) is 3.22. The van der Waals surface area contributed by atoms with E-state index in [1.807, 2.05) is 36.4 Å². The van der Waals surface area contributed by atoms with E-state index in [4.69, 9.17) is 14.2 Å². The summed E-state index contributed by atoms with van der Waals surface area (Å²) in [6.45, 7) is 3.56. The van der Waals surface area contributed by atoms with Crippen LogP contribution in [0.4, 0.5) is 5.82 Å². The quantitative estimate of drug-likeness (QED) is 0.807. The number of hydrogen-bond acceptors (Lipinski definition) is 6. The fourth-order valence-corrected chi connectivity index (χ4v) is 3.89. The third-order valence-electron chi connectivity index (χ3n) is 5.55. The van der Waals surface area contributed by atoms with Crippen molar-refractivity contribution in [1.82, 2.24) is 10.3 Å². The van der Waals surface area contributed by atoms with Gasteiger partial charge in [0.15, 0.2) is 5.79 Å². The van der Waals surface area contributed by atoms with Crippen LogP contribution < -0.4 is 15.0 Å². The van der Waals surface area contributed by atoms with Crippen LogP contribution in [0.5, 0.6) is 5.75 Å². The van der Waals surface area contributed by atoms with Gasteiger partial charge in [0.05, 0.1) is 25.9 Å². The van der Waals surface area contributed by atoms with Crippen molar-refractivity contribution in [2.45, 2.75) is 25.0 Å². The Morgan fingerprint density at radius 3 is 2.62 bits per heavy atom. The highest BCUT2D eigenvalue weighted by Crippen LogP contribution is 2.32. The monoisotopic (exact) mass is 397 g/mol. The van der Waals surface area contributed by atoms with Crippen molar-refractivity contribution in [2.75, 3.05) is 44.9 Å². The normalized spacial score (nSPS) is 18.0. The average molecular weight is 397 g/mol. The minimum atomic E-state index is -0.391. The predicted molar refractivity (Wildman–Crippen MR) is 109 cm³/mol. The minimum absolute atomic E-state index is 0.121. The summed E-state index contributed by atoms with van der Waals surface area (Å²) >= 11 is 0. The lowest BCUT2D eigenvalue weighted by atomic mass is 10.0. The zero-order valence-corrected chi connectivity index (χ0v) is 16.7. The number of carbonyl (C=O) groups is 1. The number of rotatable bonds is 6. The number of piperidine rings is 1. The number of benzene rings is 1. The number of hydrogen-bond donors (Lipinski definition) is 1. The van der Waals surface area contributed by atoms with Crippen LogP contribution >= 0.6 is 0 Å². The molecule has 1 N–H and O–H groups in total. The van der Waals surface area contributed by atoms with E-state index in [2.05, 4.69) is 15.2 Å². The molecule has 2 aliphatic rings. The molecule has 2 saturated heterocycles. The summed E-state index contributed by atoms with van der Waals surface area (Å²) in [5.41, 5.74) is 1.63. The Morgan fingerprint density at radius 2 is 1.93 bits per heavy atom. The number of methoxy groups -OCH3 is 1. The third-order valence-corrected chi connectivity index (χ3v) is 5.55. The van der Waals surface area contributed by atoms with Crippen molar-refractivity contribution in [3.63, 3.8) is 0 Å². The number of anilines is 1. The molecule has 7 heteroatoms. The molecule has 1 aromatic carbocycles. The number of carbonyl (C=O) groups excluding carboxylic acids is 1. The summed E-state index contributed by atoms with van der Waals surface area (Å²) in [5, 5.41) is 2.95. The van der Waals surface area contributed by atoms with E-state index < -0.39 is 5.79 Å². The number of nitrogens with zero attached hydrogens (tertiary/aromatic N) is 2. The van der Waals surface area contributed by atoms with Crippen molar-refractivity contribution in [3.05, 3.63) is 53.7 Å². The van der Waals surface area contributed by atoms with Gasteiger partial charge in [0.1, 0.15) is 11.6 Å². The largest absolute Gasteiger partial charge is 0.496 e. The van der Waals surface area contributed by atoms with Gasteiger partial charge in [0.2, 0.25) is 0 Å². The van der Waals surface area contributed by atoms with Crippen molar-refractivity contribution < 1.29 is 19.0 Å².